The van der Waals surface area contributed by atoms with Crippen LogP contribution in [-0.2, 0) is 1.98 Å². The Morgan fingerprint density at radius 2 is 1.25 bits per heavy atom. The Kier molecular flexibility index (Phi) is 44.2. The fraction of sp³-hybridized carbons (Fsp3) is 0. The van der Waals surface area contributed by atoms with E-state index in [0.29, 0.717) is 0 Å². The Morgan fingerprint density at radius 3 is 1.25 bits per heavy atom. The van der Waals surface area contributed by atoms with Crippen LogP contribution in [0.4, 0.5) is 0 Å². The molecule has 0 aromatic carbocycles. The number of rotatable bonds is 0. The van der Waals surface area contributed by atoms with Crippen LogP contribution in [-0.4, -0.2) is 0 Å². The zero-order valence-corrected chi connectivity index (χ0v) is 7.00. The Bertz CT molecular complexity index is 8.00. The molecule has 0 bridgehead atoms. The van der Waals surface area contributed by atoms with Gasteiger partial charge >= 0.3 is 80.6 Å². The normalized spacial score (nSPS) is 3.00. The van der Waals surface area contributed by atoms with Crippen molar-refractivity contribution in [2.45, 2.75) is 0 Å². The zero-order valence-electron chi connectivity index (χ0n) is 1.66. The second kappa shape index (κ2) is 18.5. The summed E-state index contributed by atoms with van der Waals surface area (Å²) < 4.78 is 16.5. The van der Waals surface area contributed by atoms with Gasteiger partial charge < -0.3 is 0 Å². The molecular weight excluding hydrogens is 344 g/mol. The van der Waals surface area contributed by atoms with Crippen molar-refractivity contribution in [1.82, 2.24) is 0 Å². The summed E-state index contributed by atoms with van der Waals surface area (Å²) in [5.74, 6) is 0. The van der Waals surface area contributed by atoms with Crippen LogP contribution in [0.25, 0.3) is 0 Å². The molecule has 0 amide bonds. The summed E-state index contributed by atoms with van der Waals surface area (Å²) in [5.41, 5.74) is 0. The summed E-state index contributed by atoms with van der Waals surface area (Å²) in [6.07, 6.45) is 0. The molecule has 0 unspecified atom stereocenters. The van der Waals surface area contributed by atoms with Crippen molar-refractivity contribution in [1.29, 1.82) is 0 Å². The predicted molar refractivity (Wildman–Crippen MR) is 1.37 cm³/mol. The third kappa shape index (κ3) is 8.85. The number of hydrogen-bond donors (Lipinski definition) is 0. The van der Waals surface area contributed by atoms with Crippen LogP contribution in [0.5, 0.6) is 0 Å². The van der Waals surface area contributed by atoms with E-state index < -0.39 is 0 Å². The maximum atomic E-state index is 8.42. The molecule has 0 saturated carbocycles. The van der Waals surface area contributed by atoms with E-state index in [1.165, 1.54) is 44.8 Å². The minimum atomic E-state index is -0.0833. The Morgan fingerprint density at radius 1 is 1.25 bits per heavy atom. The van der Waals surface area contributed by atoms with E-state index in [9.17, 15) is 0 Å². The Labute approximate surface area is 78.3 Å². The summed E-state index contributed by atoms with van der Waals surface area (Å²) in [4.78, 5) is 0. The minimum absolute atomic E-state index is 0.0833. The molecule has 0 radical (unpaired) electrons. The predicted octanol–water partition coefficient (Wildman–Crippen LogP) is -0.238. The SMILES string of the molecule is [O]=[La].[O]=[Yb]. The van der Waals surface area contributed by atoms with Gasteiger partial charge in [0.1, 0.15) is 0 Å². The van der Waals surface area contributed by atoms with Crippen LogP contribution in [0.15, 0.2) is 0 Å². The van der Waals surface area contributed by atoms with Crippen LogP contribution in [0, 0.1) is 78.6 Å². The van der Waals surface area contributed by atoms with Gasteiger partial charge in [-0.3, -0.25) is 0 Å². The molecule has 0 aromatic rings. The van der Waals surface area contributed by atoms with Gasteiger partial charge in [0.15, 0.2) is 0 Å². The van der Waals surface area contributed by atoms with Crippen molar-refractivity contribution >= 4 is 0 Å². The van der Waals surface area contributed by atoms with Crippen LogP contribution in [0.2, 0.25) is 0 Å². The molecule has 0 aliphatic heterocycles. The molecule has 0 spiro atoms. The summed E-state index contributed by atoms with van der Waals surface area (Å²) in [5, 5.41) is 0. The summed E-state index contributed by atoms with van der Waals surface area (Å²) >= 11 is 1.36. The van der Waals surface area contributed by atoms with Gasteiger partial charge in [0.2, 0.25) is 0 Å². The molecule has 0 atom stereocenters. The second-order valence-electron chi connectivity index (χ2n) is 0. The van der Waals surface area contributed by atoms with Gasteiger partial charge in [-0.1, -0.05) is 0 Å². The van der Waals surface area contributed by atoms with Crippen LogP contribution < -0.4 is 0 Å². The van der Waals surface area contributed by atoms with Crippen molar-refractivity contribution in [2.24, 2.45) is 0 Å². The molecule has 0 heterocycles. The average Bonchev–Trinajstić information content (AvgIpc) is 1.50. The molecule has 4 heavy (non-hydrogen) atoms. The first-order chi connectivity index (χ1) is 2.00. The van der Waals surface area contributed by atoms with Gasteiger partial charge in [-0.2, -0.15) is 0 Å². The van der Waals surface area contributed by atoms with E-state index in [4.69, 9.17) is 1.98 Å². The van der Waals surface area contributed by atoms with Crippen molar-refractivity contribution in [3.8, 4) is 0 Å². The second-order valence-corrected chi connectivity index (χ2v) is 0. The van der Waals surface area contributed by atoms with Gasteiger partial charge in [0.05, 0.1) is 0 Å². The van der Waals surface area contributed by atoms with Crippen molar-refractivity contribution in [3.05, 3.63) is 0 Å². The monoisotopic (exact) mass is 345 g/mol. The molecule has 29 valence electrons. The van der Waals surface area contributed by atoms with E-state index in [0.717, 1.165) is 0 Å². The molecule has 0 saturated heterocycles. The van der Waals surface area contributed by atoms with E-state index in [1.807, 2.05) is 0 Å². The summed E-state index contributed by atoms with van der Waals surface area (Å²) in [6, 6.07) is 0. The molecule has 4 heteroatoms. The average molecular weight is 344 g/mol. The zero-order chi connectivity index (χ0) is 4.00. The third-order valence-corrected chi connectivity index (χ3v) is 0. The molecule has 0 aliphatic rings. The first-order valence-corrected chi connectivity index (χ1v) is 2.53. The molecule has 0 fully saturated rings. The fourth-order valence-electron chi connectivity index (χ4n) is 0. The Hall–Kier alpha value is 2.31. The van der Waals surface area contributed by atoms with E-state index in [1.54, 1.807) is 0 Å². The van der Waals surface area contributed by atoms with Gasteiger partial charge in [0, 0.05) is 0 Å². The van der Waals surface area contributed by atoms with Gasteiger partial charge in [0.25, 0.3) is 0 Å². The fourth-order valence-corrected chi connectivity index (χ4v) is 0. The topological polar surface area (TPSA) is 34.1 Å². The van der Waals surface area contributed by atoms with Crippen LogP contribution in [0.3, 0.4) is 0 Å². The van der Waals surface area contributed by atoms with Crippen molar-refractivity contribution in [2.75, 3.05) is 0 Å². The van der Waals surface area contributed by atoms with E-state index >= 15 is 0 Å². The first-order valence-electron chi connectivity index (χ1n) is 0.345. The molecule has 0 rings (SSSR count). The van der Waals surface area contributed by atoms with Gasteiger partial charge in [-0.05, 0) is 0 Å². The summed E-state index contributed by atoms with van der Waals surface area (Å²) in [7, 11) is 0. The number of hydrogen-bond acceptors (Lipinski definition) is 2. The third-order valence-electron chi connectivity index (χ3n) is 0. The molecule has 2 nitrogen and oxygen atoms in total. The molecular formula is LaO2Yb. The quantitative estimate of drug-likeness (QED) is 0.608. The maximum absolute atomic E-state index is 8.42. The van der Waals surface area contributed by atoms with E-state index in [2.05, 4.69) is 0 Å². The molecule has 0 N–H and O–H groups in total. The molecule has 0 aromatic heterocycles. The molecule has 0 aliphatic carbocycles. The van der Waals surface area contributed by atoms with Crippen LogP contribution >= 0.6 is 0 Å². The van der Waals surface area contributed by atoms with Crippen LogP contribution in [0.1, 0.15) is 0 Å². The Balaban J connectivity index is 0. The van der Waals surface area contributed by atoms with Gasteiger partial charge in [-0.25, -0.2) is 0 Å². The summed E-state index contributed by atoms with van der Waals surface area (Å²) in [6.45, 7) is 0. The van der Waals surface area contributed by atoms with Gasteiger partial charge in [-0.15, -0.1) is 0 Å². The van der Waals surface area contributed by atoms with E-state index in [-0.39, 0.29) is 33.8 Å². The van der Waals surface area contributed by atoms with Crippen molar-refractivity contribution < 1.29 is 80.6 Å². The standard InChI is InChI=1S/La.2O.Yb. The first kappa shape index (κ1) is 9.58. The van der Waals surface area contributed by atoms with Crippen molar-refractivity contribution in [3.63, 3.8) is 0 Å².